The number of aromatic nitrogens is 3. The van der Waals surface area contributed by atoms with Gasteiger partial charge in [-0.3, -0.25) is 4.79 Å². The van der Waals surface area contributed by atoms with E-state index in [0.29, 0.717) is 28.2 Å². The van der Waals surface area contributed by atoms with Gasteiger partial charge in [0, 0.05) is 11.1 Å². The number of hydrogen-bond acceptors (Lipinski definition) is 9. The van der Waals surface area contributed by atoms with Crippen molar-refractivity contribution in [2.24, 2.45) is 4.36 Å². The van der Waals surface area contributed by atoms with Crippen molar-refractivity contribution in [2.45, 2.75) is 45.9 Å². The van der Waals surface area contributed by atoms with Crippen LogP contribution in [0.25, 0.3) is 10.9 Å². The first-order chi connectivity index (χ1) is 17.5. The van der Waals surface area contributed by atoms with Crippen LogP contribution in [0.5, 0.6) is 5.88 Å². The van der Waals surface area contributed by atoms with Crippen molar-refractivity contribution in [1.29, 1.82) is 0 Å². The molecule has 37 heavy (non-hydrogen) atoms. The average Bonchev–Trinajstić information content (AvgIpc) is 2.82. The lowest BCUT2D eigenvalue weighted by Crippen LogP contribution is -2.41. The van der Waals surface area contributed by atoms with E-state index in [-0.39, 0.29) is 16.7 Å². The zero-order valence-electron chi connectivity index (χ0n) is 20.2. The minimum Gasteiger partial charge on any atom is -0.463 e. The molecule has 2 N–H and O–H groups in total. The molecule has 1 aromatic carbocycles. The Morgan fingerprint density at radius 3 is 2.73 bits per heavy atom. The van der Waals surface area contributed by atoms with E-state index < -0.39 is 35.3 Å². The van der Waals surface area contributed by atoms with Crippen LogP contribution in [0.1, 0.15) is 32.3 Å². The second-order valence-corrected chi connectivity index (χ2v) is 9.68. The number of nitrogens with zero attached hydrogens (tertiary/aromatic N) is 4. The van der Waals surface area contributed by atoms with Crippen molar-refractivity contribution in [3.63, 3.8) is 0 Å². The Kier molecular flexibility index (Phi) is 9.49. The first-order valence-electron chi connectivity index (χ1n) is 11.3. The summed E-state index contributed by atoms with van der Waals surface area (Å²) in [4.78, 5) is 24.7. The smallest absolute Gasteiger partial charge is 0.405 e. The third-order valence-corrected chi connectivity index (χ3v) is 6.26. The topological polar surface area (TPSA) is 118 Å². The fourth-order valence-electron chi connectivity index (χ4n) is 3.23. The number of ether oxygens (including phenoxy) is 1. The number of benzene rings is 1. The second-order valence-electron chi connectivity index (χ2n) is 8.05. The number of nitrogens with one attached hydrogen (secondary N) is 2. The number of alkyl halides is 3. The van der Waals surface area contributed by atoms with Crippen LogP contribution in [0, 0.1) is 6.92 Å². The lowest BCUT2D eigenvalue weighted by atomic mass is 10.1. The summed E-state index contributed by atoms with van der Waals surface area (Å²) in [6, 6.07) is 6.48. The summed E-state index contributed by atoms with van der Waals surface area (Å²) >= 11 is 5.99. The summed E-state index contributed by atoms with van der Waals surface area (Å²) in [5.41, 5.74) is 2.11. The Morgan fingerprint density at radius 1 is 1.27 bits per heavy atom. The highest BCUT2D eigenvalue weighted by Crippen LogP contribution is 2.33. The predicted octanol–water partition coefficient (Wildman–Crippen LogP) is 5.76. The van der Waals surface area contributed by atoms with Crippen molar-refractivity contribution >= 4 is 56.2 Å². The Balaban J connectivity index is 1.89. The highest BCUT2D eigenvalue weighted by atomic mass is 35.5. The average molecular weight is 558 g/mol. The van der Waals surface area contributed by atoms with E-state index in [1.54, 1.807) is 17.4 Å². The van der Waals surface area contributed by atoms with E-state index >= 15 is 0 Å². The summed E-state index contributed by atoms with van der Waals surface area (Å²) in [5, 5.41) is 5.54. The van der Waals surface area contributed by atoms with E-state index in [4.69, 9.17) is 16.3 Å². The van der Waals surface area contributed by atoms with Gasteiger partial charge in [-0.1, -0.05) is 37.1 Å². The molecule has 0 radical (unpaired) electrons. The molecule has 0 fully saturated rings. The van der Waals surface area contributed by atoms with Gasteiger partial charge in [-0.05, 0) is 43.7 Å². The van der Waals surface area contributed by atoms with Crippen LogP contribution in [0.4, 0.5) is 30.4 Å². The number of rotatable bonds is 10. The fraction of sp³-hybridized carbons (Fsp3) is 0.391. The quantitative estimate of drug-likeness (QED) is 0.240. The Bertz CT molecular complexity index is 1370. The molecule has 1 atom stereocenters. The zero-order chi connectivity index (χ0) is 27.2. The minimum atomic E-state index is -4.56. The van der Waals surface area contributed by atoms with Crippen LogP contribution in [0.3, 0.4) is 0 Å². The molecule has 9 nitrogen and oxygen atoms in total. The Morgan fingerprint density at radius 2 is 2.03 bits per heavy atom. The molecule has 3 aromatic rings. The largest absolute Gasteiger partial charge is 0.463 e. The van der Waals surface area contributed by atoms with Gasteiger partial charge in [-0.25, -0.2) is 9.97 Å². The molecule has 1 amide bonds. The van der Waals surface area contributed by atoms with Gasteiger partial charge < -0.3 is 23.9 Å². The van der Waals surface area contributed by atoms with Gasteiger partial charge in [0.25, 0.3) is 5.91 Å². The van der Waals surface area contributed by atoms with Crippen molar-refractivity contribution in [2.75, 3.05) is 17.6 Å². The zero-order valence-corrected chi connectivity index (χ0v) is 21.8. The van der Waals surface area contributed by atoms with E-state index in [1.807, 2.05) is 13.8 Å². The number of halogens is 4. The highest BCUT2D eigenvalue weighted by Gasteiger charge is 2.29. The van der Waals surface area contributed by atoms with Crippen molar-refractivity contribution in [1.82, 2.24) is 20.3 Å². The number of amides is 1. The standard InChI is InChI=1S/C23H25ClF3N6O3S/c1-4-5-8-37(35)33-15-9-13(2)19-17(10-15)29-12-30-20(19)31-16-6-7-18(24)32-22(16)36-14(3)21(34)28-11-23(25,26)27/h6-7,9-10,12,14H,4-5,8,11H2,1-3H3,(H,28,34)(H,29,30,31)/q-1/t14-/m1/s1. The third-order valence-electron chi connectivity index (χ3n) is 5.00. The molecule has 3 rings (SSSR count). The monoisotopic (exact) mass is 557 g/mol. The van der Waals surface area contributed by atoms with E-state index in [1.165, 1.54) is 25.4 Å². The van der Waals surface area contributed by atoms with E-state index in [2.05, 4.69) is 24.6 Å². The molecule has 0 bridgehead atoms. The number of hydrogen-bond donors (Lipinski definition) is 2. The predicted molar refractivity (Wildman–Crippen MR) is 136 cm³/mol. The Labute approximate surface area is 218 Å². The van der Waals surface area contributed by atoms with E-state index in [0.717, 1.165) is 18.4 Å². The lowest BCUT2D eigenvalue weighted by molar-refractivity contribution is -0.142. The van der Waals surface area contributed by atoms with Gasteiger partial charge in [0.15, 0.2) is 6.10 Å². The maximum absolute atomic E-state index is 12.4. The van der Waals surface area contributed by atoms with Crippen molar-refractivity contribution in [3.8, 4) is 5.88 Å². The molecule has 0 aliphatic rings. The molecule has 0 saturated heterocycles. The van der Waals surface area contributed by atoms with Gasteiger partial charge in [0.1, 0.15) is 29.5 Å². The van der Waals surface area contributed by atoms with Gasteiger partial charge >= 0.3 is 6.18 Å². The minimum absolute atomic E-state index is 0.0505. The molecular formula is C23H25ClF3N6O3S-. The number of carbonyl (C=O) groups is 1. The second kappa shape index (κ2) is 12.4. The molecule has 0 unspecified atom stereocenters. The molecule has 0 aliphatic carbocycles. The fourth-order valence-corrected chi connectivity index (χ4v) is 4.34. The van der Waals surface area contributed by atoms with Crippen LogP contribution in [0.2, 0.25) is 5.15 Å². The summed E-state index contributed by atoms with van der Waals surface area (Å²) in [6.07, 6.45) is -2.79. The molecule has 0 spiro atoms. The SMILES string of the molecule is CCCC[S-](=O)=Nc1cc(C)c2c(Nc3ccc(Cl)nc3O[C@H](C)C(=O)NCC(F)(F)F)ncnc2c1. The van der Waals surface area contributed by atoms with Crippen molar-refractivity contribution < 1.29 is 26.9 Å². The maximum Gasteiger partial charge on any atom is 0.405 e. The summed E-state index contributed by atoms with van der Waals surface area (Å²) in [7, 11) is -1.35. The summed E-state index contributed by atoms with van der Waals surface area (Å²) in [6.45, 7) is 3.65. The number of fused-ring (bicyclic) bond motifs is 1. The van der Waals surface area contributed by atoms with Crippen molar-refractivity contribution in [3.05, 3.63) is 41.3 Å². The molecule has 0 aliphatic heterocycles. The van der Waals surface area contributed by atoms with Crippen LogP contribution < -0.4 is 15.4 Å². The first kappa shape index (κ1) is 28.4. The van der Waals surface area contributed by atoms with E-state index in [9.17, 15) is 22.2 Å². The summed E-state index contributed by atoms with van der Waals surface area (Å²) in [5.74, 6) is -0.224. The number of aryl methyl sites for hydroxylation is 1. The number of unbranched alkanes of at least 4 members (excludes halogenated alkanes) is 1. The molecule has 2 aromatic heterocycles. The molecule has 200 valence electrons. The van der Waals surface area contributed by atoms with Crippen LogP contribution in [0.15, 0.2) is 35.0 Å². The van der Waals surface area contributed by atoms with Gasteiger partial charge in [-0.15, -0.1) is 0 Å². The Hall–Kier alpha value is -3.19. The third kappa shape index (κ3) is 8.15. The highest BCUT2D eigenvalue weighted by molar-refractivity contribution is 7.74. The van der Waals surface area contributed by atoms with Gasteiger partial charge in [0.2, 0.25) is 5.88 Å². The normalized spacial score (nSPS) is 13.4. The van der Waals surface area contributed by atoms with Gasteiger partial charge in [0.05, 0.1) is 5.52 Å². The molecule has 2 heterocycles. The van der Waals surface area contributed by atoms with Crippen LogP contribution >= 0.6 is 11.6 Å². The number of carbonyl (C=O) groups excluding carboxylic acids is 1. The number of pyridine rings is 1. The number of anilines is 2. The first-order valence-corrected chi connectivity index (χ1v) is 12.9. The molecule has 0 saturated carbocycles. The lowest BCUT2D eigenvalue weighted by Gasteiger charge is -2.18. The molecular weight excluding hydrogens is 533 g/mol. The van der Waals surface area contributed by atoms with Crippen LogP contribution in [-0.2, 0) is 19.6 Å². The van der Waals surface area contributed by atoms with Gasteiger partial charge in [-0.2, -0.15) is 28.8 Å². The van der Waals surface area contributed by atoms with Crippen LogP contribution in [-0.4, -0.2) is 45.4 Å². The maximum atomic E-state index is 12.4. The summed E-state index contributed by atoms with van der Waals surface area (Å²) < 4.78 is 59.3. The molecule has 14 heteroatoms.